The molecule has 0 spiro atoms. The molecule has 32 heavy (non-hydrogen) atoms. The molecule has 0 radical (unpaired) electrons. The van der Waals surface area contributed by atoms with Crippen LogP contribution in [0.4, 0.5) is 0 Å². The Balaban J connectivity index is 1.81. The van der Waals surface area contributed by atoms with E-state index in [2.05, 4.69) is 41.9 Å². The van der Waals surface area contributed by atoms with E-state index < -0.39 is 5.54 Å². The van der Waals surface area contributed by atoms with Crippen LogP contribution in [0.2, 0.25) is 0 Å². The molecule has 0 saturated heterocycles. The summed E-state index contributed by atoms with van der Waals surface area (Å²) in [5.74, 6) is 1.60. The first-order chi connectivity index (χ1) is 15.8. The van der Waals surface area contributed by atoms with Gasteiger partial charge in [0.15, 0.2) is 0 Å². The van der Waals surface area contributed by atoms with Crippen molar-refractivity contribution < 1.29 is 14.3 Å². The minimum Gasteiger partial charge on any atom is -0.497 e. The lowest BCUT2D eigenvalue weighted by atomic mass is 9.77. The van der Waals surface area contributed by atoms with E-state index in [0.29, 0.717) is 6.61 Å². The molecular formula is C28H27NO3. The minimum absolute atomic E-state index is 0.432. The van der Waals surface area contributed by atoms with Crippen molar-refractivity contribution in [2.24, 2.45) is 0 Å². The van der Waals surface area contributed by atoms with Crippen LogP contribution in [0, 0.1) is 0 Å². The zero-order chi connectivity index (χ0) is 22.2. The maximum atomic E-state index is 6.15. The molecule has 0 aliphatic carbocycles. The Morgan fingerprint density at radius 2 is 1.00 bits per heavy atom. The molecule has 0 amide bonds. The molecule has 4 aromatic carbocycles. The van der Waals surface area contributed by atoms with Gasteiger partial charge in [-0.25, -0.2) is 0 Å². The average Bonchev–Trinajstić information content (AvgIpc) is 2.88. The third kappa shape index (κ3) is 4.52. The highest BCUT2D eigenvalue weighted by Gasteiger charge is 2.37. The summed E-state index contributed by atoms with van der Waals surface area (Å²) in [4.78, 5) is 6.15. The van der Waals surface area contributed by atoms with Crippen LogP contribution in [-0.4, -0.2) is 14.2 Å². The highest BCUT2D eigenvalue weighted by Crippen LogP contribution is 2.38. The van der Waals surface area contributed by atoms with Gasteiger partial charge in [-0.05, 0) is 46.5 Å². The van der Waals surface area contributed by atoms with Crippen molar-refractivity contribution >= 4 is 0 Å². The molecular weight excluding hydrogens is 398 g/mol. The van der Waals surface area contributed by atoms with Gasteiger partial charge in [0.25, 0.3) is 0 Å². The second-order valence-electron chi connectivity index (χ2n) is 7.45. The lowest BCUT2D eigenvalue weighted by molar-refractivity contribution is -0.0115. The highest BCUT2D eigenvalue weighted by atomic mass is 16.6. The van der Waals surface area contributed by atoms with Gasteiger partial charge >= 0.3 is 0 Å². The summed E-state index contributed by atoms with van der Waals surface area (Å²) in [5.41, 5.74) is 6.89. The number of ether oxygens (including phenoxy) is 2. The molecule has 0 aliphatic rings. The highest BCUT2D eigenvalue weighted by molar-refractivity contribution is 5.51. The molecule has 4 nitrogen and oxygen atoms in total. The van der Waals surface area contributed by atoms with Crippen molar-refractivity contribution in [2.45, 2.75) is 12.1 Å². The van der Waals surface area contributed by atoms with E-state index in [1.807, 2.05) is 72.8 Å². The van der Waals surface area contributed by atoms with Crippen molar-refractivity contribution in [3.63, 3.8) is 0 Å². The van der Waals surface area contributed by atoms with E-state index in [0.717, 1.165) is 33.8 Å². The van der Waals surface area contributed by atoms with E-state index in [-0.39, 0.29) is 0 Å². The monoisotopic (exact) mass is 425 g/mol. The van der Waals surface area contributed by atoms with Crippen LogP contribution in [0.3, 0.4) is 0 Å². The van der Waals surface area contributed by atoms with E-state index >= 15 is 0 Å². The molecule has 0 bridgehead atoms. The second kappa shape index (κ2) is 10.1. The second-order valence-corrected chi connectivity index (χ2v) is 7.45. The standard InChI is InChI=1S/C28H27NO3/c1-30-26-17-13-24(14-18-26)28(23-11-7-4-8-12-23,25-15-19-27(31-2)20-16-25)29-32-21-22-9-5-3-6-10-22/h3-20,29H,21H2,1-2H3. The molecule has 4 rings (SSSR count). The first-order valence-corrected chi connectivity index (χ1v) is 10.5. The minimum atomic E-state index is -0.741. The normalized spacial score (nSPS) is 11.2. The Morgan fingerprint density at radius 3 is 1.47 bits per heavy atom. The number of hydrogen-bond donors (Lipinski definition) is 1. The zero-order valence-electron chi connectivity index (χ0n) is 18.3. The van der Waals surface area contributed by atoms with E-state index in [1.54, 1.807) is 14.2 Å². The third-order valence-corrected chi connectivity index (χ3v) is 5.56. The van der Waals surface area contributed by atoms with Crippen LogP contribution in [0.1, 0.15) is 22.3 Å². The van der Waals surface area contributed by atoms with Gasteiger partial charge in [-0.15, -0.1) is 0 Å². The van der Waals surface area contributed by atoms with Crippen LogP contribution in [0.25, 0.3) is 0 Å². The lowest BCUT2D eigenvalue weighted by Crippen LogP contribution is -2.44. The smallest absolute Gasteiger partial charge is 0.118 e. The number of benzene rings is 4. The number of hydrogen-bond acceptors (Lipinski definition) is 4. The van der Waals surface area contributed by atoms with Crippen LogP contribution < -0.4 is 15.0 Å². The average molecular weight is 426 g/mol. The Kier molecular flexibility index (Phi) is 6.85. The maximum Gasteiger partial charge on any atom is 0.118 e. The van der Waals surface area contributed by atoms with E-state index in [1.165, 1.54) is 0 Å². The summed E-state index contributed by atoms with van der Waals surface area (Å²) in [6.45, 7) is 0.432. The Morgan fingerprint density at radius 1 is 0.562 bits per heavy atom. The fourth-order valence-electron chi connectivity index (χ4n) is 3.85. The summed E-state index contributed by atoms with van der Waals surface area (Å²) in [6, 6.07) is 36.5. The molecule has 0 fully saturated rings. The molecule has 4 aromatic rings. The van der Waals surface area contributed by atoms with Crippen LogP contribution in [0.5, 0.6) is 11.5 Å². The van der Waals surface area contributed by atoms with Crippen molar-refractivity contribution in [1.82, 2.24) is 5.48 Å². The summed E-state index contributed by atoms with van der Waals surface area (Å²) in [5, 5.41) is 0. The summed E-state index contributed by atoms with van der Waals surface area (Å²) in [6.07, 6.45) is 0. The van der Waals surface area contributed by atoms with Gasteiger partial charge < -0.3 is 9.47 Å². The molecule has 162 valence electrons. The molecule has 0 aromatic heterocycles. The fourth-order valence-corrected chi connectivity index (χ4v) is 3.85. The number of nitrogens with one attached hydrogen (secondary N) is 1. The lowest BCUT2D eigenvalue weighted by Gasteiger charge is -2.36. The van der Waals surface area contributed by atoms with Gasteiger partial charge in [-0.3, -0.25) is 4.84 Å². The summed E-state index contributed by atoms with van der Waals surface area (Å²) in [7, 11) is 3.34. The molecule has 0 atom stereocenters. The van der Waals surface area contributed by atoms with Crippen molar-refractivity contribution in [2.75, 3.05) is 14.2 Å². The van der Waals surface area contributed by atoms with E-state index in [9.17, 15) is 0 Å². The predicted octanol–water partition coefficient (Wildman–Crippen LogP) is 5.72. The molecule has 4 heteroatoms. The number of methoxy groups -OCH3 is 2. The first-order valence-electron chi connectivity index (χ1n) is 10.5. The van der Waals surface area contributed by atoms with E-state index in [4.69, 9.17) is 14.3 Å². The topological polar surface area (TPSA) is 39.7 Å². The van der Waals surface area contributed by atoms with Crippen molar-refractivity contribution in [3.8, 4) is 11.5 Å². The quantitative estimate of drug-likeness (QED) is 0.275. The summed E-state index contributed by atoms with van der Waals surface area (Å²) < 4.78 is 10.8. The third-order valence-electron chi connectivity index (χ3n) is 5.56. The molecule has 0 saturated carbocycles. The molecule has 0 unspecified atom stereocenters. The van der Waals surface area contributed by atoms with Gasteiger partial charge in [0.1, 0.15) is 17.0 Å². The fraction of sp³-hybridized carbons (Fsp3) is 0.143. The zero-order valence-corrected chi connectivity index (χ0v) is 18.3. The van der Waals surface area contributed by atoms with Gasteiger partial charge in [0, 0.05) is 0 Å². The Hall–Kier alpha value is -3.60. The van der Waals surface area contributed by atoms with Crippen molar-refractivity contribution in [3.05, 3.63) is 131 Å². The number of hydroxylamine groups is 1. The van der Waals surface area contributed by atoms with Gasteiger partial charge in [0.2, 0.25) is 0 Å². The number of rotatable bonds is 9. The molecule has 1 N–H and O–H groups in total. The largest absolute Gasteiger partial charge is 0.497 e. The molecule has 0 heterocycles. The molecule has 0 aliphatic heterocycles. The SMILES string of the molecule is COc1ccc(C(NOCc2ccccc2)(c2ccccc2)c2ccc(OC)cc2)cc1. The van der Waals surface area contributed by atoms with Crippen LogP contribution in [0.15, 0.2) is 109 Å². The predicted molar refractivity (Wildman–Crippen MR) is 127 cm³/mol. The Bertz CT molecular complexity index is 1050. The van der Waals surface area contributed by atoms with Crippen LogP contribution in [-0.2, 0) is 17.0 Å². The maximum absolute atomic E-state index is 6.15. The van der Waals surface area contributed by atoms with Crippen LogP contribution >= 0.6 is 0 Å². The Labute approximate surface area is 189 Å². The summed E-state index contributed by atoms with van der Waals surface area (Å²) >= 11 is 0. The van der Waals surface area contributed by atoms with Gasteiger partial charge in [0.05, 0.1) is 20.8 Å². The van der Waals surface area contributed by atoms with Crippen molar-refractivity contribution in [1.29, 1.82) is 0 Å². The van der Waals surface area contributed by atoms with Gasteiger partial charge in [-0.2, -0.15) is 5.48 Å². The first kappa shape index (κ1) is 21.6. The van der Waals surface area contributed by atoms with Gasteiger partial charge in [-0.1, -0.05) is 84.9 Å².